The van der Waals surface area contributed by atoms with Crippen LogP contribution in [0.4, 0.5) is 11.8 Å². The highest BCUT2D eigenvalue weighted by Crippen LogP contribution is 2.37. The molecule has 2 aromatic rings. The van der Waals surface area contributed by atoms with Crippen LogP contribution in [0.3, 0.4) is 0 Å². The van der Waals surface area contributed by atoms with Crippen LogP contribution < -0.4 is 21.3 Å². The lowest BCUT2D eigenvalue weighted by atomic mass is 9.87. The highest BCUT2D eigenvalue weighted by Gasteiger charge is 2.31. The molecule has 0 fully saturated rings. The molecule has 4 N–H and O–H groups in total. The molecule has 1 aliphatic heterocycles. The average molecular weight is 379 g/mol. The number of aromatic nitrogens is 2. The van der Waals surface area contributed by atoms with Gasteiger partial charge in [0.1, 0.15) is 11.6 Å². The summed E-state index contributed by atoms with van der Waals surface area (Å²) in [6.07, 6.45) is 0.169. The minimum absolute atomic E-state index is 0.0254. The Hall–Kier alpha value is -2.35. The summed E-state index contributed by atoms with van der Waals surface area (Å²) in [5.74, 6) is 0.314. The van der Waals surface area contributed by atoms with Gasteiger partial charge in [0.2, 0.25) is 11.9 Å². The maximum Gasteiger partial charge on any atom is 0.258 e. The number of H-pyrrole nitrogens is 1. The third-order valence-electron chi connectivity index (χ3n) is 3.63. The quantitative estimate of drug-likeness (QED) is 0.756. The predicted octanol–water partition coefficient (Wildman–Crippen LogP) is 1.99. The number of anilines is 2. The third-order valence-corrected chi connectivity index (χ3v) is 4.25. The second kappa shape index (κ2) is 6.04. The topological polar surface area (TPSA) is 110 Å². The Kier molecular flexibility index (Phi) is 4.08. The lowest BCUT2D eigenvalue weighted by molar-refractivity contribution is -0.116. The number of rotatable bonds is 3. The van der Waals surface area contributed by atoms with Gasteiger partial charge in [-0.25, -0.2) is 0 Å². The van der Waals surface area contributed by atoms with Crippen molar-refractivity contribution in [1.29, 1.82) is 0 Å². The number of nitrogen functional groups attached to an aromatic ring is 1. The summed E-state index contributed by atoms with van der Waals surface area (Å²) in [4.78, 5) is 30.7. The van der Waals surface area contributed by atoms with Gasteiger partial charge in [-0.3, -0.25) is 14.6 Å². The zero-order valence-corrected chi connectivity index (χ0v) is 13.9. The Morgan fingerprint density at radius 3 is 2.91 bits per heavy atom. The SMILES string of the molecule is CCOc1ccc(C2CC(=O)Nc3nc(N)[nH]c(=O)c32)cc1Br. The van der Waals surface area contributed by atoms with Crippen molar-refractivity contribution in [2.45, 2.75) is 19.3 Å². The van der Waals surface area contributed by atoms with Crippen molar-refractivity contribution < 1.29 is 9.53 Å². The van der Waals surface area contributed by atoms with Crippen molar-refractivity contribution in [2.24, 2.45) is 0 Å². The van der Waals surface area contributed by atoms with Crippen molar-refractivity contribution in [3.05, 3.63) is 44.2 Å². The number of fused-ring (bicyclic) bond motifs is 1. The monoisotopic (exact) mass is 378 g/mol. The van der Waals surface area contributed by atoms with Crippen molar-refractivity contribution in [3.8, 4) is 5.75 Å². The van der Waals surface area contributed by atoms with Gasteiger partial charge in [-0.15, -0.1) is 0 Å². The normalized spacial score (nSPS) is 16.6. The number of carbonyl (C=O) groups excluding carboxylic acids is 1. The second-order valence-corrected chi connectivity index (χ2v) is 6.00. The Morgan fingerprint density at radius 2 is 2.22 bits per heavy atom. The van der Waals surface area contributed by atoms with E-state index >= 15 is 0 Å². The molecule has 8 heteroatoms. The molecule has 120 valence electrons. The van der Waals surface area contributed by atoms with E-state index in [0.717, 1.165) is 10.0 Å². The second-order valence-electron chi connectivity index (χ2n) is 5.14. The number of benzene rings is 1. The van der Waals surface area contributed by atoms with E-state index < -0.39 is 0 Å². The molecule has 1 amide bonds. The summed E-state index contributed by atoms with van der Waals surface area (Å²) in [7, 11) is 0. The zero-order valence-electron chi connectivity index (χ0n) is 12.4. The minimum atomic E-state index is -0.387. The Morgan fingerprint density at radius 1 is 1.43 bits per heavy atom. The van der Waals surface area contributed by atoms with Gasteiger partial charge >= 0.3 is 0 Å². The number of hydrogen-bond acceptors (Lipinski definition) is 5. The standard InChI is InChI=1S/C15H15BrN4O3/c1-2-23-10-4-3-7(5-9(10)16)8-6-11(21)18-13-12(8)14(22)20-15(17)19-13/h3-5,8H,2,6H2,1H3,(H4,17,18,19,20,21,22). The summed E-state index contributed by atoms with van der Waals surface area (Å²) in [5.41, 5.74) is 6.44. The van der Waals surface area contributed by atoms with E-state index in [9.17, 15) is 9.59 Å². The molecule has 1 atom stereocenters. The van der Waals surface area contributed by atoms with E-state index in [4.69, 9.17) is 10.5 Å². The lowest BCUT2D eigenvalue weighted by Crippen LogP contribution is -2.31. The highest BCUT2D eigenvalue weighted by molar-refractivity contribution is 9.10. The van der Waals surface area contributed by atoms with E-state index in [2.05, 4.69) is 31.2 Å². The van der Waals surface area contributed by atoms with E-state index in [-0.39, 0.29) is 35.6 Å². The number of ether oxygens (including phenoxy) is 1. The fourth-order valence-corrected chi connectivity index (χ4v) is 3.19. The highest BCUT2D eigenvalue weighted by atomic mass is 79.9. The molecule has 0 bridgehead atoms. The van der Waals surface area contributed by atoms with Gasteiger partial charge in [0, 0.05) is 12.3 Å². The molecule has 3 rings (SSSR count). The van der Waals surface area contributed by atoms with Crippen molar-refractivity contribution >= 4 is 33.6 Å². The first kappa shape index (κ1) is 15.5. The molecule has 1 aliphatic rings. The van der Waals surface area contributed by atoms with Crippen LogP contribution in [0.25, 0.3) is 0 Å². The van der Waals surface area contributed by atoms with Gasteiger partial charge in [-0.05, 0) is 40.5 Å². The molecule has 1 aromatic carbocycles. The molecule has 7 nitrogen and oxygen atoms in total. The largest absolute Gasteiger partial charge is 0.493 e. The molecule has 23 heavy (non-hydrogen) atoms. The molecule has 0 spiro atoms. The number of aromatic amines is 1. The van der Waals surface area contributed by atoms with Gasteiger partial charge in [-0.2, -0.15) is 4.98 Å². The first-order valence-electron chi connectivity index (χ1n) is 7.11. The maximum absolute atomic E-state index is 12.3. The Bertz CT molecular complexity index is 834. The number of hydrogen-bond donors (Lipinski definition) is 3. The van der Waals surface area contributed by atoms with E-state index in [1.165, 1.54) is 0 Å². The minimum Gasteiger partial charge on any atom is -0.493 e. The van der Waals surface area contributed by atoms with Gasteiger partial charge in [0.05, 0.1) is 16.6 Å². The van der Waals surface area contributed by atoms with Crippen LogP contribution in [0.2, 0.25) is 0 Å². The number of nitrogens with one attached hydrogen (secondary N) is 2. The zero-order chi connectivity index (χ0) is 16.6. The number of carbonyl (C=O) groups is 1. The molecule has 1 unspecified atom stereocenters. The van der Waals surface area contributed by atoms with Crippen LogP contribution in [0, 0.1) is 0 Å². The molecular formula is C15H15BrN4O3. The van der Waals surface area contributed by atoms with Crippen LogP contribution in [0.1, 0.15) is 30.4 Å². The Balaban J connectivity index is 2.10. The fraction of sp³-hybridized carbons (Fsp3) is 0.267. The van der Waals surface area contributed by atoms with Crippen LogP contribution in [-0.4, -0.2) is 22.5 Å². The van der Waals surface area contributed by atoms with Gasteiger partial charge in [0.25, 0.3) is 5.56 Å². The number of nitrogens with two attached hydrogens (primary N) is 1. The van der Waals surface area contributed by atoms with Crippen LogP contribution >= 0.6 is 15.9 Å². The van der Waals surface area contributed by atoms with Gasteiger partial charge in [0.15, 0.2) is 0 Å². The van der Waals surface area contributed by atoms with E-state index in [1.54, 1.807) is 0 Å². The summed E-state index contributed by atoms with van der Waals surface area (Å²) in [5, 5.41) is 2.60. The maximum atomic E-state index is 12.3. The summed E-state index contributed by atoms with van der Waals surface area (Å²) >= 11 is 3.45. The van der Waals surface area contributed by atoms with Gasteiger partial charge < -0.3 is 15.8 Å². The summed E-state index contributed by atoms with van der Waals surface area (Å²) in [6, 6.07) is 5.51. The van der Waals surface area contributed by atoms with Crippen molar-refractivity contribution in [1.82, 2.24) is 9.97 Å². The summed E-state index contributed by atoms with van der Waals surface area (Å²) < 4.78 is 6.25. The fourth-order valence-electron chi connectivity index (χ4n) is 2.68. The Labute approximate surface area is 140 Å². The van der Waals surface area contributed by atoms with E-state index in [0.29, 0.717) is 17.9 Å². The molecule has 2 heterocycles. The lowest BCUT2D eigenvalue weighted by Gasteiger charge is -2.24. The number of amides is 1. The first-order chi connectivity index (χ1) is 11.0. The average Bonchev–Trinajstić information content (AvgIpc) is 2.48. The number of halogens is 1. The summed E-state index contributed by atoms with van der Waals surface area (Å²) in [6.45, 7) is 2.45. The van der Waals surface area contributed by atoms with Crippen LogP contribution in [0.15, 0.2) is 27.5 Å². The van der Waals surface area contributed by atoms with Gasteiger partial charge in [-0.1, -0.05) is 6.07 Å². The molecular weight excluding hydrogens is 364 g/mol. The molecule has 1 aromatic heterocycles. The number of nitrogens with zero attached hydrogens (tertiary/aromatic N) is 1. The van der Waals surface area contributed by atoms with E-state index in [1.807, 2.05) is 25.1 Å². The third kappa shape index (κ3) is 2.94. The van der Waals surface area contributed by atoms with Crippen molar-refractivity contribution in [3.63, 3.8) is 0 Å². The predicted molar refractivity (Wildman–Crippen MR) is 89.7 cm³/mol. The molecule has 0 radical (unpaired) electrons. The molecule has 0 saturated carbocycles. The van der Waals surface area contributed by atoms with Crippen molar-refractivity contribution in [2.75, 3.05) is 17.7 Å². The van der Waals surface area contributed by atoms with Crippen LogP contribution in [0.5, 0.6) is 5.75 Å². The smallest absolute Gasteiger partial charge is 0.258 e. The first-order valence-corrected chi connectivity index (χ1v) is 7.90. The molecule has 0 aliphatic carbocycles. The van der Waals surface area contributed by atoms with Crippen LogP contribution in [-0.2, 0) is 4.79 Å². The molecule has 0 saturated heterocycles.